The quantitative estimate of drug-likeness (QED) is 0.290. The van der Waals surface area contributed by atoms with Crippen LogP contribution in [0.15, 0.2) is 22.5 Å². The molecule has 0 aromatic carbocycles. The van der Waals surface area contributed by atoms with Gasteiger partial charge in [-0.25, -0.2) is 13.1 Å². The van der Waals surface area contributed by atoms with E-state index in [1.807, 2.05) is 18.0 Å². The highest BCUT2D eigenvalue weighted by molar-refractivity contribution is 14.0. The predicted octanol–water partition coefficient (Wildman–Crippen LogP) is 1.90. The van der Waals surface area contributed by atoms with Crippen LogP contribution in [-0.4, -0.2) is 71.5 Å². The Balaban J connectivity index is 0.00000364. The molecule has 0 spiro atoms. The molecule has 0 bridgehead atoms. The molecule has 27 heavy (non-hydrogen) atoms. The van der Waals surface area contributed by atoms with Gasteiger partial charge in [0.2, 0.25) is 10.0 Å². The summed E-state index contributed by atoms with van der Waals surface area (Å²) in [6.07, 6.45) is 4.02. The molecule has 7 nitrogen and oxygen atoms in total. The highest BCUT2D eigenvalue weighted by Gasteiger charge is 2.18. The standard InChI is InChI=1S/C17H30N4O3S2.HI/c1-18-17(21(2)10-8-16-7-5-12-25-16)19-9-13-26(22,23)20-14-15-6-3-4-11-24-15;/h5,7,12,15,20H,3-4,6,8-11,13-14H2,1-2H3,(H,18,19);1H. The molecule has 0 aliphatic carbocycles. The molecule has 1 aliphatic heterocycles. The van der Waals surface area contributed by atoms with Crippen molar-refractivity contribution in [2.24, 2.45) is 4.99 Å². The number of hydrogen-bond donors (Lipinski definition) is 2. The van der Waals surface area contributed by atoms with Crippen LogP contribution in [0.3, 0.4) is 0 Å². The Morgan fingerprint density at radius 2 is 2.26 bits per heavy atom. The zero-order chi connectivity index (χ0) is 18.8. The van der Waals surface area contributed by atoms with Crippen molar-refractivity contribution in [3.63, 3.8) is 0 Å². The molecule has 1 unspecified atom stereocenters. The zero-order valence-electron chi connectivity index (χ0n) is 16.0. The van der Waals surface area contributed by atoms with Crippen LogP contribution in [-0.2, 0) is 21.2 Å². The number of ether oxygens (including phenoxy) is 1. The Morgan fingerprint density at radius 3 is 2.89 bits per heavy atom. The summed E-state index contributed by atoms with van der Waals surface area (Å²) in [5.41, 5.74) is 0. The molecule has 1 atom stereocenters. The second-order valence-electron chi connectivity index (χ2n) is 6.38. The number of likely N-dealkylation sites (N-methyl/N-ethyl adjacent to an activating group) is 1. The number of nitrogens with zero attached hydrogens (tertiary/aromatic N) is 2. The molecule has 10 heteroatoms. The number of sulfonamides is 1. The lowest BCUT2D eigenvalue weighted by Crippen LogP contribution is -2.43. The third-order valence-corrected chi connectivity index (χ3v) is 6.59. The van der Waals surface area contributed by atoms with E-state index < -0.39 is 10.0 Å². The number of thiophene rings is 1. The molecule has 2 rings (SSSR count). The Labute approximate surface area is 184 Å². The van der Waals surface area contributed by atoms with Crippen LogP contribution >= 0.6 is 35.3 Å². The summed E-state index contributed by atoms with van der Waals surface area (Å²) in [6.45, 7) is 2.22. The Hall–Kier alpha value is -0.430. The Kier molecular flexibility index (Phi) is 11.8. The SMILES string of the molecule is CN=C(NCCS(=O)(=O)NCC1CCCCO1)N(C)CCc1cccs1.I. The van der Waals surface area contributed by atoms with Gasteiger partial charge in [-0.3, -0.25) is 4.99 Å². The molecule has 2 heterocycles. The van der Waals surface area contributed by atoms with Gasteiger partial charge in [-0.15, -0.1) is 35.3 Å². The van der Waals surface area contributed by atoms with Crippen LogP contribution in [0.4, 0.5) is 0 Å². The fourth-order valence-electron chi connectivity index (χ4n) is 2.78. The van der Waals surface area contributed by atoms with E-state index in [1.54, 1.807) is 18.4 Å². The molecule has 1 aromatic rings. The number of nitrogens with one attached hydrogen (secondary N) is 2. The maximum absolute atomic E-state index is 12.1. The van der Waals surface area contributed by atoms with Crippen molar-refractivity contribution in [3.05, 3.63) is 22.4 Å². The van der Waals surface area contributed by atoms with Gasteiger partial charge in [-0.1, -0.05) is 6.07 Å². The Bertz CT molecular complexity index is 647. The normalized spacial score (nSPS) is 18.0. The van der Waals surface area contributed by atoms with E-state index in [9.17, 15) is 8.42 Å². The Morgan fingerprint density at radius 1 is 1.44 bits per heavy atom. The van der Waals surface area contributed by atoms with Gasteiger partial charge in [0.25, 0.3) is 0 Å². The smallest absolute Gasteiger partial charge is 0.213 e. The van der Waals surface area contributed by atoms with Crippen molar-refractivity contribution < 1.29 is 13.2 Å². The van der Waals surface area contributed by atoms with E-state index in [1.165, 1.54) is 4.88 Å². The van der Waals surface area contributed by atoms with Gasteiger partial charge in [0, 0.05) is 45.2 Å². The zero-order valence-corrected chi connectivity index (χ0v) is 20.0. The monoisotopic (exact) mass is 530 g/mol. The summed E-state index contributed by atoms with van der Waals surface area (Å²) >= 11 is 1.74. The molecule has 156 valence electrons. The average Bonchev–Trinajstić information content (AvgIpc) is 3.16. The molecule has 0 saturated carbocycles. The van der Waals surface area contributed by atoms with Crippen LogP contribution in [0.2, 0.25) is 0 Å². The number of halogens is 1. The first kappa shape index (κ1) is 24.6. The number of guanidine groups is 1. The second kappa shape index (κ2) is 12.9. The van der Waals surface area contributed by atoms with E-state index in [0.717, 1.165) is 38.8 Å². The number of rotatable bonds is 9. The maximum Gasteiger partial charge on any atom is 0.213 e. The maximum atomic E-state index is 12.1. The molecule has 1 saturated heterocycles. The summed E-state index contributed by atoms with van der Waals surface area (Å²) in [4.78, 5) is 7.56. The minimum atomic E-state index is -3.32. The van der Waals surface area contributed by atoms with Crippen LogP contribution in [0, 0.1) is 0 Å². The highest BCUT2D eigenvalue weighted by atomic mass is 127. The lowest BCUT2D eigenvalue weighted by molar-refractivity contribution is 0.0200. The van der Waals surface area contributed by atoms with Crippen molar-refractivity contribution in [1.82, 2.24) is 14.9 Å². The van der Waals surface area contributed by atoms with Crippen molar-refractivity contribution in [1.29, 1.82) is 0 Å². The van der Waals surface area contributed by atoms with Gasteiger partial charge in [0.15, 0.2) is 5.96 Å². The third kappa shape index (κ3) is 9.55. The second-order valence-corrected chi connectivity index (χ2v) is 9.34. The predicted molar refractivity (Wildman–Crippen MR) is 123 cm³/mol. The van der Waals surface area contributed by atoms with Crippen LogP contribution in [0.5, 0.6) is 0 Å². The number of aliphatic imine (C=N–C) groups is 1. The minimum absolute atomic E-state index is 0. The fraction of sp³-hybridized carbons (Fsp3) is 0.706. The van der Waals surface area contributed by atoms with E-state index in [2.05, 4.69) is 26.5 Å². The first-order valence-electron chi connectivity index (χ1n) is 9.03. The largest absolute Gasteiger partial charge is 0.377 e. The fourth-order valence-corrected chi connectivity index (χ4v) is 4.43. The highest BCUT2D eigenvalue weighted by Crippen LogP contribution is 2.12. The first-order valence-corrected chi connectivity index (χ1v) is 11.6. The lowest BCUT2D eigenvalue weighted by Gasteiger charge is -2.23. The molecule has 1 fully saturated rings. The summed E-state index contributed by atoms with van der Waals surface area (Å²) in [6, 6.07) is 4.16. The van der Waals surface area contributed by atoms with Gasteiger partial charge in [0.05, 0.1) is 11.9 Å². The molecular weight excluding hydrogens is 499 g/mol. The van der Waals surface area contributed by atoms with Crippen molar-refractivity contribution in [3.8, 4) is 0 Å². The summed E-state index contributed by atoms with van der Waals surface area (Å²) in [7, 11) is 0.337. The van der Waals surface area contributed by atoms with Gasteiger partial charge < -0.3 is 15.0 Å². The summed E-state index contributed by atoms with van der Waals surface area (Å²) in [5.74, 6) is 0.713. The van der Waals surface area contributed by atoms with Crippen molar-refractivity contribution in [2.45, 2.75) is 31.8 Å². The van der Waals surface area contributed by atoms with E-state index >= 15 is 0 Å². The van der Waals surface area contributed by atoms with Gasteiger partial charge in [-0.05, 0) is 37.1 Å². The molecule has 1 aromatic heterocycles. The molecule has 0 radical (unpaired) electrons. The first-order chi connectivity index (χ1) is 12.5. The third-order valence-electron chi connectivity index (χ3n) is 4.31. The van der Waals surface area contributed by atoms with Crippen LogP contribution in [0.1, 0.15) is 24.1 Å². The molecular formula is C17H31IN4O3S2. The van der Waals surface area contributed by atoms with E-state index in [0.29, 0.717) is 19.0 Å². The molecule has 2 N–H and O–H groups in total. The van der Waals surface area contributed by atoms with Crippen molar-refractivity contribution >= 4 is 51.3 Å². The van der Waals surface area contributed by atoms with Gasteiger partial charge in [0.1, 0.15) is 0 Å². The number of hydrogen-bond acceptors (Lipinski definition) is 5. The van der Waals surface area contributed by atoms with Gasteiger partial charge >= 0.3 is 0 Å². The average molecular weight is 530 g/mol. The van der Waals surface area contributed by atoms with E-state index in [4.69, 9.17) is 4.74 Å². The topological polar surface area (TPSA) is 83.0 Å². The molecule has 0 amide bonds. The summed E-state index contributed by atoms with van der Waals surface area (Å²) < 4.78 is 32.5. The minimum Gasteiger partial charge on any atom is -0.377 e. The summed E-state index contributed by atoms with van der Waals surface area (Å²) in [5, 5.41) is 5.19. The van der Waals surface area contributed by atoms with Crippen molar-refractivity contribution in [2.75, 3.05) is 46.1 Å². The lowest BCUT2D eigenvalue weighted by atomic mass is 10.1. The van der Waals surface area contributed by atoms with Gasteiger partial charge in [-0.2, -0.15) is 0 Å². The van der Waals surface area contributed by atoms with Crippen LogP contribution < -0.4 is 10.0 Å². The van der Waals surface area contributed by atoms with E-state index in [-0.39, 0.29) is 35.8 Å². The molecule has 1 aliphatic rings. The van der Waals surface area contributed by atoms with Crippen LogP contribution in [0.25, 0.3) is 0 Å².